The van der Waals surface area contributed by atoms with Gasteiger partial charge in [-0.25, -0.2) is 4.39 Å². The molecule has 2 aromatic rings. The highest BCUT2D eigenvalue weighted by molar-refractivity contribution is 6.30. The van der Waals surface area contributed by atoms with Crippen molar-refractivity contribution in [2.24, 2.45) is 5.92 Å². The first-order chi connectivity index (χ1) is 17.7. The average Bonchev–Trinajstić information content (AvgIpc) is 3.49. The number of carbonyl (C=O) groups is 2. The zero-order valence-corrected chi connectivity index (χ0v) is 21.1. The van der Waals surface area contributed by atoms with Crippen LogP contribution in [0, 0.1) is 11.7 Å². The summed E-state index contributed by atoms with van der Waals surface area (Å²) in [4.78, 5) is 27.8. The molecule has 0 aliphatic carbocycles. The molecule has 2 N–H and O–H groups in total. The Morgan fingerprint density at radius 2 is 1.97 bits per heavy atom. The number of nitrogens with zero attached hydrogens (tertiary/aromatic N) is 2. The van der Waals surface area contributed by atoms with E-state index in [1.54, 1.807) is 0 Å². The molecule has 1 amide bonds. The lowest BCUT2D eigenvalue weighted by Crippen LogP contribution is -2.49. The summed E-state index contributed by atoms with van der Waals surface area (Å²) < 4.78 is 25.9. The number of hydrogen-bond acceptors (Lipinski definition) is 6. The van der Waals surface area contributed by atoms with Crippen molar-refractivity contribution in [3.8, 4) is 11.5 Å². The Balaban J connectivity index is 1.14. The van der Waals surface area contributed by atoms with E-state index in [4.69, 9.17) is 21.1 Å². The Labute approximate surface area is 219 Å². The number of amides is 1. The van der Waals surface area contributed by atoms with E-state index >= 15 is 0 Å². The number of β-amino-alcohol motifs (C(OH)–C–C–N with tert-alkyl or cyclic N) is 1. The number of benzene rings is 2. The minimum atomic E-state index is -0.939. The van der Waals surface area contributed by atoms with Gasteiger partial charge in [0.25, 0.3) is 5.91 Å². The normalized spacial score (nSPS) is 21.5. The van der Waals surface area contributed by atoms with Gasteiger partial charge in [-0.15, -0.1) is 0 Å². The number of piperidine rings is 1. The van der Waals surface area contributed by atoms with Crippen LogP contribution in [0.1, 0.15) is 35.2 Å². The van der Waals surface area contributed by atoms with Gasteiger partial charge in [0.1, 0.15) is 35.6 Å². The molecule has 0 bridgehead atoms. The summed E-state index contributed by atoms with van der Waals surface area (Å²) in [6.45, 7) is 2.19. The maximum atomic E-state index is 13.9. The fourth-order valence-corrected chi connectivity index (χ4v) is 5.66. The maximum Gasteiger partial charge on any atom is 0.308 e. The van der Waals surface area contributed by atoms with Crippen LogP contribution in [0.4, 0.5) is 4.39 Å². The molecule has 2 fully saturated rings. The summed E-state index contributed by atoms with van der Waals surface area (Å²) in [5.41, 5.74) is 1.04. The van der Waals surface area contributed by atoms with Gasteiger partial charge < -0.3 is 29.5 Å². The van der Waals surface area contributed by atoms with Crippen LogP contribution in [-0.4, -0.2) is 82.9 Å². The van der Waals surface area contributed by atoms with Gasteiger partial charge in [0.05, 0.1) is 11.5 Å². The Morgan fingerprint density at radius 1 is 1.19 bits per heavy atom. The van der Waals surface area contributed by atoms with Crippen molar-refractivity contribution < 1.29 is 33.7 Å². The van der Waals surface area contributed by atoms with Crippen molar-refractivity contribution in [2.45, 2.75) is 37.4 Å². The summed E-state index contributed by atoms with van der Waals surface area (Å²) >= 11 is 6.12. The van der Waals surface area contributed by atoms with E-state index in [0.717, 1.165) is 49.7 Å². The molecule has 3 aliphatic heterocycles. The van der Waals surface area contributed by atoms with Crippen LogP contribution in [0.15, 0.2) is 36.4 Å². The molecule has 2 aromatic carbocycles. The van der Waals surface area contributed by atoms with Crippen molar-refractivity contribution in [3.05, 3.63) is 58.4 Å². The van der Waals surface area contributed by atoms with Crippen molar-refractivity contribution in [3.63, 3.8) is 0 Å². The van der Waals surface area contributed by atoms with Crippen molar-refractivity contribution in [2.75, 3.05) is 39.3 Å². The second kappa shape index (κ2) is 10.5. The molecule has 37 heavy (non-hydrogen) atoms. The number of aliphatic hydroxyl groups excluding tert-OH is 1. The van der Waals surface area contributed by atoms with Crippen LogP contribution in [0.2, 0.25) is 5.02 Å². The smallest absolute Gasteiger partial charge is 0.308 e. The zero-order chi connectivity index (χ0) is 26.2. The number of rotatable bonds is 7. The van der Waals surface area contributed by atoms with Gasteiger partial charge >= 0.3 is 5.97 Å². The summed E-state index contributed by atoms with van der Waals surface area (Å²) in [5.74, 6) is -1.60. The van der Waals surface area contributed by atoms with Gasteiger partial charge in [0, 0.05) is 63.1 Å². The monoisotopic (exact) mass is 532 g/mol. The lowest BCUT2D eigenvalue weighted by molar-refractivity contribution is -0.141. The third-order valence-corrected chi connectivity index (χ3v) is 7.76. The second-order valence-corrected chi connectivity index (χ2v) is 10.6. The van der Waals surface area contributed by atoms with Crippen molar-refractivity contribution in [1.29, 1.82) is 0 Å². The van der Waals surface area contributed by atoms with Crippen LogP contribution in [-0.2, 0) is 11.2 Å². The standard InChI is InChI=1S/C27H30ClFN2O6/c28-19-1-4-23-18(11-19)13-27(37-23)6-9-30(10-7-27)15-21(32)16-36-24-12-20(29)2-3-22(24)25(33)31-8-5-17(14-31)26(34)35/h1-4,11-12,17,21,32H,5-10,13-16H2,(H,34,35)/t17-,21-/m0/s1. The molecule has 8 nitrogen and oxygen atoms in total. The van der Waals surface area contributed by atoms with E-state index in [0.29, 0.717) is 24.5 Å². The molecular formula is C27H30ClFN2O6. The van der Waals surface area contributed by atoms with Crippen LogP contribution < -0.4 is 9.47 Å². The van der Waals surface area contributed by atoms with Crippen molar-refractivity contribution in [1.82, 2.24) is 9.80 Å². The largest absolute Gasteiger partial charge is 0.490 e. The van der Waals surface area contributed by atoms with Gasteiger partial charge in [-0.3, -0.25) is 9.59 Å². The molecule has 3 heterocycles. The number of hydrogen-bond donors (Lipinski definition) is 2. The maximum absolute atomic E-state index is 13.9. The number of carboxylic acids is 1. The van der Waals surface area contributed by atoms with Crippen LogP contribution >= 0.6 is 11.6 Å². The first-order valence-electron chi connectivity index (χ1n) is 12.5. The summed E-state index contributed by atoms with van der Waals surface area (Å²) in [6, 6.07) is 9.34. The predicted molar refractivity (Wildman–Crippen MR) is 134 cm³/mol. The molecule has 198 valence electrons. The molecular weight excluding hydrogens is 503 g/mol. The Kier molecular flexibility index (Phi) is 7.29. The minimum absolute atomic E-state index is 0.0382. The van der Waals surface area contributed by atoms with E-state index < -0.39 is 29.7 Å². The Hall–Kier alpha value is -2.88. The number of fused-ring (bicyclic) bond motifs is 1. The van der Waals surface area contributed by atoms with Gasteiger partial charge in [-0.05, 0) is 42.3 Å². The molecule has 0 radical (unpaired) electrons. The lowest BCUT2D eigenvalue weighted by atomic mass is 9.87. The van der Waals surface area contributed by atoms with Crippen LogP contribution in [0.25, 0.3) is 0 Å². The van der Waals surface area contributed by atoms with Crippen LogP contribution in [0.5, 0.6) is 11.5 Å². The van der Waals surface area contributed by atoms with Gasteiger partial charge in [0.15, 0.2) is 0 Å². The molecule has 3 aliphatic rings. The molecule has 2 atom stereocenters. The highest BCUT2D eigenvalue weighted by Crippen LogP contribution is 2.42. The fraction of sp³-hybridized carbons (Fsp3) is 0.481. The number of ether oxygens (including phenoxy) is 2. The molecule has 1 spiro atoms. The second-order valence-electron chi connectivity index (χ2n) is 10.2. The highest BCUT2D eigenvalue weighted by Gasteiger charge is 2.42. The van der Waals surface area contributed by atoms with Gasteiger partial charge in [-0.1, -0.05) is 11.6 Å². The summed E-state index contributed by atoms with van der Waals surface area (Å²) in [6.07, 6.45) is 2.00. The first kappa shape index (κ1) is 25.8. The zero-order valence-electron chi connectivity index (χ0n) is 20.4. The quantitative estimate of drug-likeness (QED) is 0.565. The predicted octanol–water partition coefficient (Wildman–Crippen LogP) is 3.24. The number of halogens is 2. The van der Waals surface area contributed by atoms with E-state index in [1.807, 2.05) is 18.2 Å². The average molecular weight is 533 g/mol. The SMILES string of the molecule is O=C(O)[C@H]1CCN(C(=O)c2ccc(F)cc2OC[C@@H](O)CN2CCC3(CC2)Cc2cc(Cl)ccc2O3)C1. The van der Waals surface area contributed by atoms with Crippen LogP contribution in [0.3, 0.4) is 0 Å². The van der Waals surface area contributed by atoms with E-state index in [9.17, 15) is 24.2 Å². The Morgan fingerprint density at radius 3 is 2.70 bits per heavy atom. The number of carbonyl (C=O) groups excluding carboxylic acids is 1. The Bertz CT molecular complexity index is 1190. The van der Waals surface area contributed by atoms with Gasteiger partial charge in [0.2, 0.25) is 0 Å². The van der Waals surface area contributed by atoms with Crippen molar-refractivity contribution >= 4 is 23.5 Å². The first-order valence-corrected chi connectivity index (χ1v) is 12.9. The van der Waals surface area contributed by atoms with Gasteiger partial charge in [-0.2, -0.15) is 0 Å². The minimum Gasteiger partial charge on any atom is -0.490 e. The number of carboxylic acid groups (broad SMARTS) is 1. The number of aliphatic carboxylic acids is 1. The molecule has 5 rings (SSSR count). The highest BCUT2D eigenvalue weighted by atomic mass is 35.5. The lowest BCUT2D eigenvalue weighted by Gasteiger charge is -2.39. The molecule has 0 unspecified atom stereocenters. The molecule has 0 saturated carbocycles. The summed E-state index contributed by atoms with van der Waals surface area (Å²) in [7, 11) is 0. The molecule has 2 saturated heterocycles. The number of aliphatic hydroxyl groups is 1. The number of likely N-dealkylation sites (tertiary alicyclic amines) is 2. The van der Waals surface area contributed by atoms with E-state index in [-0.39, 0.29) is 30.1 Å². The molecule has 0 aromatic heterocycles. The third kappa shape index (κ3) is 5.68. The van der Waals surface area contributed by atoms with E-state index in [1.165, 1.54) is 17.0 Å². The van der Waals surface area contributed by atoms with E-state index in [2.05, 4.69) is 4.90 Å². The topological polar surface area (TPSA) is 99.5 Å². The summed E-state index contributed by atoms with van der Waals surface area (Å²) in [5, 5.41) is 20.5. The fourth-order valence-electron chi connectivity index (χ4n) is 5.47. The third-order valence-electron chi connectivity index (χ3n) is 7.53. The molecule has 10 heteroatoms.